The monoisotopic (exact) mass is 282 g/mol. The molecule has 1 unspecified atom stereocenters. The Morgan fingerprint density at radius 2 is 1.95 bits per heavy atom. The third-order valence-corrected chi connectivity index (χ3v) is 3.02. The van der Waals surface area contributed by atoms with Crippen LogP contribution in [0.5, 0.6) is 0 Å². The molecule has 6 heteroatoms. The van der Waals surface area contributed by atoms with Crippen LogP contribution in [0.2, 0.25) is 0 Å². The Labute approximate surface area is 115 Å². The van der Waals surface area contributed by atoms with Crippen molar-refractivity contribution in [1.82, 2.24) is 10.3 Å². The first-order chi connectivity index (χ1) is 9.49. The number of aryl methyl sites for hydroxylation is 2. The van der Waals surface area contributed by atoms with E-state index in [9.17, 15) is 13.9 Å². The summed E-state index contributed by atoms with van der Waals surface area (Å²) in [5, 5.41) is 12.7. The lowest BCUT2D eigenvalue weighted by molar-refractivity contribution is 0.163. The van der Waals surface area contributed by atoms with Crippen molar-refractivity contribution in [2.75, 3.05) is 6.54 Å². The van der Waals surface area contributed by atoms with Gasteiger partial charge in [0.05, 0.1) is 23.9 Å². The number of hydrogen-bond acceptors (Lipinski definition) is 4. The van der Waals surface area contributed by atoms with Crippen molar-refractivity contribution < 1.29 is 18.3 Å². The van der Waals surface area contributed by atoms with Gasteiger partial charge in [-0.05, 0) is 26.0 Å². The summed E-state index contributed by atoms with van der Waals surface area (Å²) in [7, 11) is 0. The molecule has 0 saturated carbocycles. The molecule has 1 aromatic carbocycles. The highest BCUT2D eigenvalue weighted by Gasteiger charge is 2.17. The number of hydrogen-bond donors (Lipinski definition) is 2. The van der Waals surface area contributed by atoms with Gasteiger partial charge >= 0.3 is 0 Å². The molecule has 2 N–H and O–H groups in total. The molecule has 0 aliphatic heterocycles. The van der Waals surface area contributed by atoms with Gasteiger partial charge in [0.25, 0.3) is 0 Å². The highest BCUT2D eigenvalue weighted by Crippen LogP contribution is 2.20. The third kappa shape index (κ3) is 3.20. The van der Waals surface area contributed by atoms with E-state index in [1.54, 1.807) is 6.92 Å². The van der Waals surface area contributed by atoms with Gasteiger partial charge in [0, 0.05) is 6.54 Å². The summed E-state index contributed by atoms with van der Waals surface area (Å²) in [6, 6.07) is 3.48. The molecule has 0 spiro atoms. The minimum atomic E-state index is -1.27. The molecule has 0 saturated heterocycles. The Hall–Kier alpha value is -1.79. The largest absolute Gasteiger partial charge is 0.444 e. The predicted octanol–water partition coefficient (Wildman–Crippen LogP) is 2.39. The summed E-state index contributed by atoms with van der Waals surface area (Å²) in [6.07, 6.45) is -1.27. The number of rotatable bonds is 5. The number of aromatic nitrogens is 1. The maximum Gasteiger partial charge on any atom is 0.208 e. The SMILES string of the molecule is Cc1nc(CNCC(O)c2c(F)cccc2F)oc1C. The van der Waals surface area contributed by atoms with Gasteiger partial charge < -0.3 is 14.8 Å². The highest BCUT2D eigenvalue weighted by molar-refractivity contribution is 5.22. The molecule has 2 rings (SSSR count). The zero-order chi connectivity index (χ0) is 14.7. The summed E-state index contributed by atoms with van der Waals surface area (Å²) < 4.78 is 32.2. The second kappa shape index (κ2) is 6.11. The van der Waals surface area contributed by atoms with Crippen LogP contribution < -0.4 is 5.32 Å². The first kappa shape index (κ1) is 14.6. The first-order valence-electron chi connectivity index (χ1n) is 6.24. The number of oxazole rings is 1. The number of halogens is 2. The normalized spacial score (nSPS) is 12.7. The van der Waals surface area contributed by atoms with Gasteiger partial charge in [0.1, 0.15) is 17.4 Å². The maximum absolute atomic E-state index is 13.4. The van der Waals surface area contributed by atoms with Gasteiger partial charge in [-0.15, -0.1) is 0 Å². The number of nitrogens with zero attached hydrogens (tertiary/aromatic N) is 1. The average molecular weight is 282 g/mol. The Balaban J connectivity index is 1.94. The van der Waals surface area contributed by atoms with E-state index in [2.05, 4.69) is 10.3 Å². The van der Waals surface area contributed by atoms with E-state index < -0.39 is 17.7 Å². The van der Waals surface area contributed by atoms with Crippen LogP contribution in [0.15, 0.2) is 22.6 Å². The molecule has 0 amide bonds. The Kier molecular flexibility index (Phi) is 4.46. The highest BCUT2D eigenvalue weighted by atomic mass is 19.1. The van der Waals surface area contributed by atoms with Crippen LogP contribution in [-0.4, -0.2) is 16.6 Å². The maximum atomic E-state index is 13.4. The fourth-order valence-electron chi connectivity index (χ4n) is 1.86. The predicted molar refractivity (Wildman–Crippen MR) is 69.0 cm³/mol. The number of benzene rings is 1. The van der Waals surface area contributed by atoms with Gasteiger partial charge in [-0.2, -0.15) is 0 Å². The molecule has 1 atom stereocenters. The minimum Gasteiger partial charge on any atom is -0.444 e. The van der Waals surface area contributed by atoms with E-state index in [0.717, 1.165) is 23.6 Å². The second-order valence-corrected chi connectivity index (χ2v) is 4.53. The van der Waals surface area contributed by atoms with Gasteiger partial charge in [0.2, 0.25) is 5.89 Å². The molecule has 0 aliphatic rings. The lowest BCUT2D eigenvalue weighted by atomic mass is 10.1. The fourth-order valence-corrected chi connectivity index (χ4v) is 1.86. The summed E-state index contributed by atoms with van der Waals surface area (Å²) in [5.41, 5.74) is 0.460. The quantitative estimate of drug-likeness (QED) is 0.884. The average Bonchev–Trinajstić information content (AvgIpc) is 2.68. The lowest BCUT2D eigenvalue weighted by Crippen LogP contribution is -2.22. The fraction of sp³-hybridized carbons (Fsp3) is 0.357. The molecule has 1 aromatic heterocycles. The zero-order valence-corrected chi connectivity index (χ0v) is 11.3. The van der Waals surface area contributed by atoms with E-state index in [4.69, 9.17) is 4.42 Å². The van der Waals surface area contributed by atoms with E-state index in [1.165, 1.54) is 6.07 Å². The van der Waals surface area contributed by atoms with Crippen LogP contribution in [0.4, 0.5) is 8.78 Å². The van der Waals surface area contributed by atoms with E-state index >= 15 is 0 Å². The van der Waals surface area contributed by atoms with Crippen LogP contribution in [0.3, 0.4) is 0 Å². The standard InChI is InChI=1S/C14H16F2N2O2/c1-8-9(2)20-13(18-8)7-17-6-12(19)14-10(15)4-3-5-11(14)16/h3-5,12,17,19H,6-7H2,1-2H3. The molecular formula is C14H16F2N2O2. The molecular weight excluding hydrogens is 266 g/mol. The third-order valence-electron chi connectivity index (χ3n) is 3.02. The van der Waals surface area contributed by atoms with Gasteiger partial charge in [-0.3, -0.25) is 0 Å². The van der Waals surface area contributed by atoms with E-state index in [0.29, 0.717) is 5.89 Å². The van der Waals surface area contributed by atoms with Crippen LogP contribution in [0, 0.1) is 25.5 Å². The van der Waals surface area contributed by atoms with Crippen LogP contribution in [0.25, 0.3) is 0 Å². The van der Waals surface area contributed by atoms with Crippen molar-refractivity contribution in [3.8, 4) is 0 Å². The summed E-state index contributed by atoms with van der Waals surface area (Å²) in [6.45, 7) is 3.90. The molecule has 108 valence electrons. The van der Waals surface area contributed by atoms with Gasteiger partial charge in [0.15, 0.2) is 0 Å². The molecule has 1 heterocycles. The molecule has 2 aromatic rings. The van der Waals surface area contributed by atoms with E-state index in [-0.39, 0.29) is 18.7 Å². The molecule has 0 radical (unpaired) electrons. The van der Waals surface area contributed by atoms with Crippen molar-refractivity contribution in [3.05, 3.63) is 52.7 Å². The summed E-state index contributed by atoms with van der Waals surface area (Å²) in [5.74, 6) is -0.326. The van der Waals surface area contributed by atoms with Gasteiger partial charge in [-0.1, -0.05) is 6.07 Å². The molecule has 0 aliphatic carbocycles. The Morgan fingerprint density at radius 3 is 2.50 bits per heavy atom. The number of nitrogens with one attached hydrogen (secondary N) is 1. The molecule has 0 bridgehead atoms. The molecule has 4 nitrogen and oxygen atoms in total. The summed E-state index contributed by atoms with van der Waals surface area (Å²) >= 11 is 0. The minimum absolute atomic E-state index is 0.00166. The second-order valence-electron chi connectivity index (χ2n) is 4.53. The van der Waals surface area contributed by atoms with Crippen LogP contribution in [0.1, 0.15) is 29.0 Å². The van der Waals surface area contributed by atoms with Crippen molar-refractivity contribution in [3.63, 3.8) is 0 Å². The summed E-state index contributed by atoms with van der Waals surface area (Å²) in [4.78, 5) is 4.16. The first-order valence-corrected chi connectivity index (χ1v) is 6.24. The van der Waals surface area contributed by atoms with Crippen molar-refractivity contribution >= 4 is 0 Å². The van der Waals surface area contributed by atoms with Crippen LogP contribution >= 0.6 is 0 Å². The number of aliphatic hydroxyl groups excluding tert-OH is 1. The van der Waals surface area contributed by atoms with Crippen LogP contribution in [-0.2, 0) is 6.54 Å². The zero-order valence-electron chi connectivity index (χ0n) is 11.3. The topological polar surface area (TPSA) is 58.3 Å². The van der Waals surface area contributed by atoms with Crippen molar-refractivity contribution in [2.45, 2.75) is 26.5 Å². The Bertz CT molecular complexity index is 559. The lowest BCUT2D eigenvalue weighted by Gasteiger charge is -2.13. The Morgan fingerprint density at radius 1 is 1.30 bits per heavy atom. The number of aliphatic hydroxyl groups is 1. The van der Waals surface area contributed by atoms with Crippen molar-refractivity contribution in [2.24, 2.45) is 0 Å². The van der Waals surface area contributed by atoms with E-state index in [1.807, 2.05) is 6.92 Å². The smallest absolute Gasteiger partial charge is 0.208 e. The van der Waals surface area contributed by atoms with Gasteiger partial charge in [-0.25, -0.2) is 13.8 Å². The molecule has 0 fully saturated rings. The van der Waals surface area contributed by atoms with Crippen molar-refractivity contribution in [1.29, 1.82) is 0 Å². The molecule has 20 heavy (non-hydrogen) atoms.